The summed E-state index contributed by atoms with van der Waals surface area (Å²) >= 11 is 0. The predicted octanol–water partition coefficient (Wildman–Crippen LogP) is 2.08. The molecule has 1 aliphatic rings. The number of fused-ring (bicyclic) bond motifs is 1. The molecule has 2 atom stereocenters. The van der Waals surface area contributed by atoms with Gasteiger partial charge in [0.25, 0.3) is 0 Å². The van der Waals surface area contributed by atoms with Crippen molar-refractivity contribution in [1.29, 1.82) is 0 Å². The minimum Gasteiger partial charge on any atom is -0.394 e. The summed E-state index contributed by atoms with van der Waals surface area (Å²) in [5.74, 6) is 0. The molecule has 1 aromatic carbocycles. The Hall–Kier alpha value is -1.91. The molecule has 0 amide bonds. The Balaban J connectivity index is 1.84. The lowest BCUT2D eigenvalue weighted by atomic mass is 9.90. The van der Waals surface area contributed by atoms with Crippen molar-refractivity contribution in [3.8, 4) is 0 Å². The Labute approximate surface area is 123 Å². The van der Waals surface area contributed by atoms with E-state index < -0.39 is 0 Å². The van der Waals surface area contributed by atoms with Crippen LogP contribution in [0.3, 0.4) is 0 Å². The molecule has 110 valence electrons. The first-order valence-electron chi connectivity index (χ1n) is 7.42. The summed E-state index contributed by atoms with van der Waals surface area (Å²) in [6, 6.07) is 13.5. The van der Waals surface area contributed by atoms with Crippen molar-refractivity contribution in [2.24, 2.45) is 0 Å². The SMILES string of the molecule is O=c1ccc2c([nH]1)CCCC2NC(CO)c1ccccc1. The van der Waals surface area contributed by atoms with Crippen molar-refractivity contribution in [2.75, 3.05) is 6.61 Å². The van der Waals surface area contributed by atoms with Crippen LogP contribution < -0.4 is 10.9 Å². The van der Waals surface area contributed by atoms with E-state index in [-0.39, 0.29) is 24.2 Å². The Kier molecular flexibility index (Phi) is 4.18. The van der Waals surface area contributed by atoms with Crippen molar-refractivity contribution in [2.45, 2.75) is 31.3 Å². The second kappa shape index (κ2) is 6.24. The smallest absolute Gasteiger partial charge is 0.248 e. The zero-order chi connectivity index (χ0) is 14.7. The quantitative estimate of drug-likeness (QED) is 0.805. The van der Waals surface area contributed by atoms with E-state index in [0.717, 1.165) is 36.1 Å². The van der Waals surface area contributed by atoms with Crippen LogP contribution >= 0.6 is 0 Å². The molecule has 0 saturated heterocycles. The number of aromatic amines is 1. The van der Waals surface area contributed by atoms with Gasteiger partial charge in [-0.15, -0.1) is 0 Å². The summed E-state index contributed by atoms with van der Waals surface area (Å²) < 4.78 is 0. The van der Waals surface area contributed by atoms with Gasteiger partial charge in [-0.1, -0.05) is 36.4 Å². The standard InChI is InChI=1S/C17H20N2O2/c20-11-16(12-5-2-1-3-6-12)18-14-7-4-8-15-13(14)9-10-17(21)19-15/h1-3,5-6,9-10,14,16,18,20H,4,7-8,11H2,(H,19,21). The van der Waals surface area contributed by atoms with Crippen molar-refractivity contribution in [3.63, 3.8) is 0 Å². The second-order valence-corrected chi connectivity index (χ2v) is 5.51. The van der Waals surface area contributed by atoms with Crippen LogP contribution in [0.1, 0.15) is 41.7 Å². The summed E-state index contributed by atoms with van der Waals surface area (Å²) in [6.45, 7) is 0.0548. The number of aryl methyl sites for hydroxylation is 1. The fraction of sp³-hybridized carbons (Fsp3) is 0.353. The number of benzene rings is 1. The number of nitrogens with one attached hydrogen (secondary N) is 2. The van der Waals surface area contributed by atoms with Gasteiger partial charge in [-0.25, -0.2) is 0 Å². The topological polar surface area (TPSA) is 65.1 Å². The Morgan fingerprint density at radius 3 is 2.81 bits per heavy atom. The van der Waals surface area contributed by atoms with Crippen molar-refractivity contribution in [1.82, 2.24) is 10.3 Å². The van der Waals surface area contributed by atoms with Crippen LogP contribution in [0.2, 0.25) is 0 Å². The second-order valence-electron chi connectivity index (χ2n) is 5.51. The first-order valence-corrected chi connectivity index (χ1v) is 7.42. The molecule has 4 nitrogen and oxygen atoms in total. The van der Waals surface area contributed by atoms with Gasteiger partial charge in [-0.2, -0.15) is 0 Å². The lowest BCUT2D eigenvalue weighted by molar-refractivity contribution is 0.228. The van der Waals surface area contributed by atoms with Crippen molar-refractivity contribution in [3.05, 3.63) is 69.6 Å². The first-order chi connectivity index (χ1) is 10.3. The molecule has 1 aliphatic carbocycles. The highest BCUT2D eigenvalue weighted by molar-refractivity contribution is 5.27. The normalized spacial score (nSPS) is 19.0. The van der Waals surface area contributed by atoms with Crippen LogP contribution in [-0.2, 0) is 6.42 Å². The van der Waals surface area contributed by atoms with Crippen molar-refractivity contribution >= 4 is 0 Å². The monoisotopic (exact) mass is 284 g/mol. The molecule has 21 heavy (non-hydrogen) atoms. The Morgan fingerprint density at radius 1 is 1.24 bits per heavy atom. The molecular weight excluding hydrogens is 264 g/mol. The third kappa shape index (κ3) is 3.06. The Morgan fingerprint density at radius 2 is 2.05 bits per heavy atom. The molecule has 0 spiro atoms. The maximum Gasteiger partial charge on any atom is 0.248 e. The van der Waals surface area contributed by atoms with Crippen molar-refractivity contribution < 1.29 is 5.11 Å². The van der Waals surface area contributed by atoms with Crippen LogP contribution in [0.15, 0.2) is 47.3 Å². The highest BCUT2D eigenvalue weighted by Gasteiger charge is 2.23. The van der Waals surface area contributed by atoms with E-state index in [4.69, 9.17) is 0 Å². The summed E-state index contributed by atoms with van der Waals surface area (Å²) in [7, 11) is 0. The van der Waals surface area contributed by atoms with E-state index in [1.165, 1.54) is 0 Å². The molecule has 0 fully saturated rings. The van der Waals surface area contributed by atoms with Gasteiger partial charge in [0, 0.05) is 17.8 Å². The molecule has 1 aromatic heterocycles. The average molecular weight is 284 g/mol. The highest BCUT2D eigenvalue weighted by atomic mass is 16.3. The lowest BCUT2D eigenvalue weighted by Crippen LogP contribution is -2.32. The van der Waals surface area contributed by atoms with Gasteiger partial charge in [0.1, 0.15) is 0 Å². The van der Waals surface area contributed by atoms with Crippen LogP contribution in [0.4, 0.5) is 0 Å². The predicted molar refractivity (Wildman–Crippen MR) is 82.1 cm³/mol. The number of aliphatic hydroxyl groups is 1. The number of aliphatic hydroxyl groups excluding tert-OH is 1. The van der Waals surface area contributed by atoms with Gasteiger partial charge in [-0.3, -0.25) is 4.79 Å². The molecular formula is C17H20N2O2. The summed E-state index contributed by atoms with van der Waals surface area (Å²) in [4.78, 5) is 14.4. The molecule has 0 bridgehead atoms. The van der Waals surface area contributed by atoms with Crippen LogP contribution in [0.5, 0.6) is 0 Å². The van der Waals surface area contributed by atoms with Gasteiger partial charge in [0.15, 0.2) is 0 Å². The van der Waals surface area contributed by atoms with Gasteiger partial charge in [-0.05, 0) is 30.4 Å². The van der Waals surface area contributed by atoms with E-state index in [1.807, 2.05) is 36.4 Å². The number of hydrogen-bond donors (Lipinski definition) is 3. The molecule has 2 aromatic rings. The van der Waals surface area contributed by atoms with Crippen LogP contribution in [0, 0.1) is 0 Å². The van der Waals surface area contributed by atoms with Gasteiger partial charge >= 0.3 is 0 Å². The van der Waals surface area contributed by atoms with Gasteiger partial charge in [0.05, 0.1) is 12.6 Å². The average Bonchev–Trinajstić information content (AvgIpc) is 2.53. The minimum atomic E-state index is -0.0888. The van der Waals surface area contributed by atoms with Crippen LogP contribution in [-0.4, -0.2) is 16.7 Å². The molecule has 3 rings (SSSR count). The van der Waals surface area contributed by atoms with E-state index >= 15 is 0 Å². The largest absolute Gasteiger partial charge is 0.394 e. The zero-order valence-electron chi connectivity index (χ0n) is 11.9. The molecule has 0 saturated carbocycles. The summed E-state index contributed by atoms with van der Waals surface area (Å²) in [5.41, 5.74) is 3.21. The zero-order valence-corrected chi connectivity index (χ0v) is 11.9. The van der Waals surface area contributed by atoms with Crippen LogP contribution in [0.25, 0.3) is 0 Å². The summed E-state index contributed by atoms with van der Waals surface area (Å²) in [5, 5.41) is 13.2. The summed E-state index contributed by atoms with van der Waals surface area (Å²) in [6.07, 6.45) is 2.97. The fourth-order valence-corrected chi connectivity index (χ4v) is 3.06. The Bertz CT molecular complexity index is 651. The maximum absolute atomic E-state index is 11.4. The highest BCUT2D eigenvalue weighted by Crippen LogP contribution is 2.29. The number of hydrogen-bond acceptors (Lipinski definition) is 3. The third-order valence-electron chi connectivity index (χ3n) is 4.12. The minimum absolute atomic E-state index is 0.0452. The van der Waals surface area contributed by atoms with E-state index in [2.05, 4.69) is 10.3 Å². The molecule has 0 radical (unpaired) electrons. The maximum atomic E-state index is 11.4. The lowest BCUT2D eigenvalue weighted by Gasteiger charge is -2.29. The molecule has 3 N–H and O–H groups in total. The number of rotatable bonds is 4. The molecule has 0 aliphatic heterocycles. The van der Waals surface area contributed by atoms with E-state index in [0.29, 0.717) is 0 Å². The number of pyridine rings is 1. The third-order valence-corrected chi connectivity index (χ3v) is 4.12. The molecule has 2 unspecified atom stereocenters. The number of aromatic nitrogens is 1. The first kappa shape index (κ1) is 14.0. The fourth-order valence-electron chi connectivity index (χ4n) is 3.06. The molecule has 4 heteroatoms. The van der Waals surface area contributed by atoms with Gasteiger partial charge < -0.3 is 15.4 Å². The number of H-pyrrole nitrogens is 1. The molecule has 1 heterocycles. The van der Waals surface area contributed by atoms with Gasteiger partial charge in [0.2, 0.25) is 5.56 Å². The van der Waals surface area contributed by atoms with E-state index in [1.54, 1.807) is 6.07 Å². The van der Waals surface area contributed by atoms with E-state index in [9.17, 15) is 9.90 Å².